The summed E-state index contributed by atoms with van der Waals surface area (Å²) in [6.45, 7) is 11.2. The highest BCUT2D eigenvalue weighted by atomic mass is 35.5. The van der Waals surface area contributed by atoms with Gasteiger partial charge in [0.25, 0.3) is 11.7 Å². The van der Waals surface area contributed by atoms with Gasteiger partial charge in [-0.05, 0) is 96.0 Å². The van der Waals surface area contributed by atoms with Gasteiger partial charge in [0.1, 0.15) is 24.0 Å². The second-order valence-electron chi connectivity index (χ2n) is 17.2. The number of alkyl halides is 1. The molecule has 3 fully saturated rings. The lowest BCUT2D eigenvalue weighted by Crippen LogP contribution is -2.64. The fourth-order valence-electron chi connectivity index (χ4n) is 9.40. The highest BCUT2D eigenvalue weighted by molar-refractivity contribution is 6.39. The Labute approximate surface area is 339 Å². The number of nitrogens with zero attached hydrogens (tertiary/aromatic N) is 1. The fraction of sp³-hybridized carbons (Fsp3) is 0.814. The maximum atomic E-state index is 14.3. The number of amides is 1. The Hall–Kier alpha value is -2.19. The van der Waals surface area contributed by atoms with Gasteiger partial charge in [0.05, 0.1) is 29.3 Å². The third kappa shape index (κ3) is 10.9. The molecule has 0 aromatic rings. The molecule has 13 atom stereocenters. The maximum Gasteiger partial charge on any atom is 0.329 e. The average molecular weight is 810 g/mol. The van der Waals surface area contributed by atoms with Crippen LogP contribution in [0.4, 0.5) is 0 Å². The number of aliphatic hydroxyl groups is 2. The molecule has 3 heterocycles. The minimum atomic E-state index is -2.50. The number of piperidine rings is 1. The largest absolute Gasteiger partial charge is 0.456 e. The molecule has 0 aromatic carbocycles. The molecule has 0 spiro atoms. The van der Waals surface area contributed by atoms with E-state index in [4.69, 9.17) is 35.3 Å². The molecular formula is C43H68ClNO11. The molecule has 2 saturated heterocycles. The van der Waals surface area contributed by atoms with E-state index in [1.807, 2.05) is 26.0 Å². The fourth-order valence-corrected chi connectivity index (χ4v) is 9.88. The Balaban J connectivity index is 1.78. The van der Waals surface area contributed by atoms with Gasteiger partial charge in [-0.1, -0.05) is 45.4 Å². The number of hydrogen-bond donors (Lipinski definition) is 2. The number of methoxy groups -OCH3 is 3. The Morgan fingerprint density at radius 2 is 1.68 bits per heavy atom. The first-order valence-electron chi connectivity index (χ1n) is 20.7. The second kappa shape index (κ2) is 20.2. The number of ether oxygens (including phenoxy) is 5. The Kier molecular flexibility index (Phi) is 16.8. The molecule has 4 aliphatic rings. The molecule has 56 heavy (non-hydrogen) atoms. The average Bonchev–Trinajstić information content (AvgIpc) is 3.17. The van der Waals surface area contributed by atoms with Crippen molar-refractivity contribution < 1.29 is 53.1 Å². The summed E-state index contributed by atoms with van der Waals surface area (Å²) >= 11 is 7.17. The van der Waals surface area contributed by atoms with Gasteiger partial charge in [-0.15, -0.1) is 11.6 Å². The molecular weight excluding hydrogens is 742 g/mol. The minimum absolute atomic E-state index is 0.0377. The predicted molar refractivity (Wildman–Crippen MR) is 212 cm³/mol. The summed E-state index contributed by atoms with van der Waals surface area (Å²) in [5, 5.41) is 23.7. The highest BCUT2D eigenvalue weighted by Crippen LogP contribution is 2.41. The van der Waals surface area contributed by atoms with Crippen LogP contribution >= 0.6 is 11.6 Å². The summed E-state index contributed by atoms with van der Waals surface area (Å²) < 4.78 is 29.9. The van der Waals surface area contributed by atoms with Gasteiger partial charge >= 0.3 is 5.97 Å². The number of cyclic esters (lactones) is 1. The number of esters is 1. The molecule has 3 aliphatic heterocycles. The van der Waals surface area contributed by atoms with Crippen LogP contribution in [0.25, 0.3) is 0 Å². The van der Waals surface area contributed by atoms with E-state index in [-0.39, 0.29) is 43.6 Å². The zero-order chi connectivity index (χ0) is 41.5. The number of fused-ring (bicyclic) bond motifs is 3. The normalized spacial score (nSPS) is 40.6. The zero-order valence-electron chi connectivity index (χ0n) is 35.1. The smallest absolute Gasteiger partial charge is 0.329 e. The van der Waals surface area contributed by atoms with Crippen molar-refractivity contribution in [1.29, 1.82) is 0 Å². The molecule has 2 bridgehead atoms. The molecule has 0 radical (unpaired) electrons. The topological polar surface area (TPSA) is 158 Å². The van der Waals surface area contributed by atoms with Crippen molar-refractivity contribution in [3.8, 4) is 0 Å². The van der Waals surface area contributed by atoms with Crippen LogP contribution in [-0.4, -0.2) is 120 Å². The van der Waals surface area contributed by atoms with Gasteiger partial charge in [0.15, 0.2) is 0 Å². The van der Waals surface area contributed by atoms with Crippen LogP contribution in [0, 0.1) is 23.7 Å². The van der Waals surface area contributed by atoms with E-state index in [1.54, 1.807) is 27.9 Å². The van der Waals surface area contributed by atoms with E-state index in [2.05, 4.69) is 6.92 Å². The number of rotatable bonds is 6. The predicted octanol–water partition coefficient (Wildman–Crippen LogP) is 5.86. The number of aliphatic hydroxyl groups excluding tert-OH is 1. The Morgan fingerprint density at radius 3 is 2.32 bits per heavy atom. The summed E-state index contributed by atoms with van der Waals surface area (Å²) in [7, 11) is 4.73. The summed E-state index contributed by atoms with van der Waals surface area (Å²) in [5.74, 6) is -7.51. The van der Waals surface area contributed by atoms with Gasteiger partial charge in [0, 0.05) is 52.0 Å². The highest BCUT2D eigenvalue weighted by Gasteiger charge is 2.56. The molecule has 1 aliphatic carbocycles. The van der Waals surface area contributed by atoms with Crippen LogP contribution in [-0.2, 0) is 42.9 Å². The van der Waals surface area contributed by atoms with E-state index in [1.165, 1.54) is 19.1 Å². The standard InChI is InChI=1S/C43H68ClNO11/c1-10-30-19-25(2)18-26(3)20-35(53-8)38-36(54-9)21-28(5)43(51,56-38)39(48)40(49)45-17-12-11-15-32(45)41(50)55-37(29(6)33(46)22-34(30)47)27(4)23-42(44)16-13-14-31(24-42)52-7/h19,23,26,28-33,35-38,46,51H,10-18,20-22,24H2,1-9H3. The lowest BCUT2D eigenvalue weighted by molar-refractivity contribution is -0.302. The monoisotopic (exact) mass is 809 g/mol. The number of allylic oxidation sites excluding steroid dienone is 3. The summed E-state index contributed by atoms with van der Waals surface area (Å²) in [5.41, 5.74) is 1.60. The molecule has 12 nitrogen and oxygen atoms in total. The number of ketones is 2. The lowest BCUT2D eigenvalue weighted by atomic mass is 9.82. The molecule has 0 aromatic heterocycles. The maximum absolute atomic E-state index is 14.3. The third-order valence-corrected chi connectivity index (χ3v) is 13.3. The number of carbonyl (C=O) groups is 4. The zero-order valence-corrected chi connectivity index (χ0v) is 35.8. The van der Waals surface area contributed by atoms with Crippen LogP contribution in [0.1, 0.15) is 119 Å². The first-order valence-corrected chi connectivity index (χ1v) is 21.1. The summed E-state index contributed by atoms with van der Waals surface area (Å²) in [4.78, 5) is 57.0. The van der Waals surface area contributed by atoms with Crippen LogP contribution in [0.2, 0.25) is 0 Å². The van der Waals surface area contributed by atoms with E-state index in [0.717, 1.165) is 18.4 Å². The van der Waals surface area contributed by atoms with Crippen LogP contribution < -0.4 is 0 Å². The van der Waals surface area contributed by atoms with Gasteiger partial charge < -0.3 is 38.8 Å². The molecule has 2 N–H and O–H groups in total. The van der Waals surface area contributed by atoms with Crippen LogP contribution in [0.5, 0.6) is 0 Å². The number of carbonyl (C=O) groups excluding carboxylic acids is 4. The van der Waals surface area contributed by atoms with Gasteiger partial charge in [0.2, 0.25) is 5.79 Å². The van der Waals surface area contributed by atoms with E-state index in [9.17, 15) is 29.4 Å². The SMILES string of the molecule is CCC1C=C(C)CC(C)CC(OC)C2OC(O)(C(=O)C(=O)N3CCCCC3C(=O)OC(C(C)=CC3(Cl)CCCC(OC)C3)C(C)C(O)CC1=O)C(C)CC2OC. The Morgan fingerprint density at radius 1 is 1.00 bits per heavy atom. The first kappa shape index (κ1) is 46.5. The summed E-state index contributed by atoms with van der Waals surface area (Å²) in [6.07, 6.45) is 5.64. The van der Waals surface area contributed by atoms with Crippen molar-refractivity contribution in [3.05, 3.63) is 23.3 Å². The van der Waals surface area contributed by atoms with Gasteiger partial charge in [-0.25, -0.2) is 4.79 Å². The first-order chi connectivity index (χ1) is 26.4. The number of hydrogen-bond acceptors (Lipinski definition) is 11. The second-order valence-corrected chi connectivity index (χ2v) is 18.0. The summed E-state index contributed by atoms with van der Waals surface area (Å²) in [6, 6.07) is -1.14. The van der Waals surface area contributed by atoms with E-state index >= 15 is 0 Å². The van der Waals surface area contributed by atoms with E-state index < -0.39 is 82.6 Å². The van der Waals surface area contributed by atoms with Crippen molar-refractivity contribution in [1.82, 2.24) is 4.90 Å². The van der Waals surface area contributed by atoms with Crippen molar-refractivity contribution >= 4 is 35.0 Å². The molecule has 1 saturated carbocycles. The Bertz CT molecular complexity index is 1450. The lowest BCUT2D eigenvalue weighted by Gasteiger charge is -2.47. The van der Waals surface area contributed by atoms with Crippen LogP contribution in [0.15, 0.2) is 23.3 Å². The third-order valence-electron chi connectivity index (χ3n) is 12.8. The van der Waals surface area contributed by atoms with Gasteiger partial charge in [-0.2, -0.15) is 0 Å². The van der Waals surface area contributed by atoms with E-state index in [0.29, 0.717) is 50.5 Å². The quantitative estimate of drug-likeness (QED) is 0.143. The molecule has 13 unspecified atom stereocenters. The molecule has 13 heteroatoms. The van der Waals surface area contributed by atoms with Crippen molar-refractivity contribution in [2.24, 2.45) is 23.7 Å². The van der Waals surface area contributed by atoms with Crippen LogP contribution in [0.3, 0.4) is 0 Å². The molecule has 4 rings (SSSR count). The molecule has 1 amide bonds. The van der Waals surface area contributed by atoms with Gasteiger partial charge in [-0.3, -0.25) is 14.4 Å². The number of Topliss-reactive ketones (excluding diaryl/α,β-unsaturated/α-hetero) is 2. The molecule has 318 valence electrons. The van der Waals surface area contributed by atoms with Crippen molar-refractivity contribution in [2.75, 3.05) is 27.9 Å². The minimum Gasteiger partial charge on any atom is -0.456 e. The number of halogens is 1. The van der Waals surface area contributed by atoms with Crippen molar-refractivity contribution in [2.45, 2.75) is 172 Å². The van der Waals surface area contributed by atoms with Crippen molar-refractivity contribution in [3.63, 3.8) is 0 Å².